The second-order valence-corrected chi connectivity index (χ2v) is 8.34. The zero-order valence-electron chi connectivity index (χ0n) is 17.6. The average molecular weight is 388 g/mol. The van der Waals surface area contributed by atoms with E-state index in [4.69, 9.17) is 4.74 Å². The van der Waals surface area contributed by atoms with Gasteiger partial charge in [-0.1, -0.05) is 87.5 Å². The molecule has 1 atom stereocenters. The molecular weight excluding hydrogens is 358 g/mol. The number of para-hydroxylation sites is 1. The second-order valence-electron chi connectivity index (χ2n) is 8.34. The zero-order valence-corrected chi connectivity index (χ0v) is 17.6. The summed E-state index contributed by atoms with van der Waals surface area (Å²) in [6, 6.07) is 25.6. The lowest BCUT2D eigenvalue weighted by Gasteiger charge is -2.21. The van der Waals surface area contributed by atoms with Crippen molar-refractivity contribution in [3.63, 3.8) is 0 Å². The quantitative estimate of drug-likeness (QED) is 0.559. The molecule has 0 aliphatic carbocycles. The topological polar surface area (TPSA) is 38.3 Å². The van der Waals surface area contributed by atoms with Crippen molar-refractivity contribution in [1.82, 2.24) is 5.32 Å². The fourth-order valence-corrected chi connectivity index (χ4v) is 3.14. The Morgan fingerprint density at radius 2 is 1.52 bits per heavy atom. The first-order chi connectivity index (χ1) is 13.8. The molecule has 3 nitrogen and oxygen atoms in total. The van der Waals surface area contributed by atoms with Gasteiger partial charge in [-0.3, -0.25) is 4.79 Å². The van der Waals surface area contributed by atoms with Crippen molar-refractivity contribution >= 4 is 5.91 Å². The van der Waals surface area contributed by atoms with Gasteiger partial charge in [0.15, 0.2) is 0 Å². The Bertz CT molecular complexity index is 940. The Morgan fingerprint density at radius 1 is 0.897 bits per heavy atom. The molecule has 0 spiro atoms. The van der Waals surface area contributed by atoms with Crippen LogP contribution in [0.25, 0.3) is 0 Å². The van der Waals surface area contributed by atoms with Crippen molar-refractivity contribution in [3.05, 3.63) is 101 Å². The highest BCUT2D eigenvalue weighted by Gasteiger charge is 2.17. The van der Waals surface area contributed by atoms with Gasteiger partial charge in [0.1, 0.15) is 12.4 Å². The molecular formula is C26H29NO2. The molecule has 3 aromatic rings. The summed E-state index contributed by atoms with van der Waals surface area (Å²) in [7, 11) is 0. The predicted molar refractivity (Wildman–Crippen MR) is 118 cm³/mol. The molecule has 0 heterocycles. The molecule has 3 rings (SSSR count). The summed E-state index contributed by atoms with van der Waals surface area (Å²) in [6.07, 6.45) is 0. The maximum atomic E-state index is 12.9. The van der Waals surface area contributed by atoms with Crippen molar-refractivity contribution in [1.29, 1.82) is 0 Å². The van der Waals surface area contributed by atoms with Gasteiger partial charge in [-0.2, -0.15) is 0 Å². The summed E-state index contributed by atoms with van der Waals surface area (Å²) in [6.45, 7) is 9.01. The molecule has 0 saturated carbocycles. The number of carbonyl (C=O) groups is 1. The van der Waals surface area contributed by atoms with E-state index in [1.807, 2.05) is 55.5 Å². The molecule has 0 saturated heterocycles. The van der Waals surface area contributed by atoms with Crippen LogP contribution in [0.15, 0.2) is 78.9 Å². The summed E-state index contributed by atoms with van der Waals surface area (Å²) in [5, 5.41) is 3.09. The zero-order chi connectivity index (χ0) is 20.9. The highest BCUT2D eigenvalue weighted by atomic mass is 16.5. The first-order valence-corrected chi connectivity index (χ1v) is 10.0. The van der Waals surface area contributed by atoms with Gasteiger partial charge < -0.3 is 10.1 Å². The highest BCUT2D eigenvalue weighted by Crippen LogP contribution is 2.25. The van der Waals surface area contributed by atoms with Crippen LogP contribution >= 0.6 is 0 Å². The minimum absolute atomic E-state index is 0.0984. The Balaban J connectivity index is 1.69. The molecule has 1 amide bonds. The molecule has 3 heteroatoms. The van der Waals surface area contributed by atoms with Crippen LogP contribution in [0.2, 0.25) is 0 Å². The van der Waals surface area contributed by atoms with Crippen LogP contribution in [0.3, 0.4) is 0 Å². The maximum absolute atomic E-state index is 12.9. The Labute approximate surface area is 173 Å². The van der Waals surface area contributed by atoms with E-state index >= 15 is 0 Å². The van der Waals surface area contributed by atoms with E-state index in [9.17, 15) is 4.79 Å². The van der Waals surface area contributed by atoms with Crippen LogP contribution < -0.4 is 10.1 Å². The highest BCUT2D eigenvalue weighted by molar-refractivity contribution is 5.97. The molecule has 29 heavy (non-hydrogen) atoms. The molecule has 3 aromatic carbocycles. The minimum Gasteiger partial charge on any atom is -0.488 e. The van der Waals surface area contributed by atoms with Gasteiger partial charge in [0, 0.05) is 0 Å². The van der Waals surface area contributed by atoms with Crippen molar-refractivity contribution in [2.75, 3.05) is 0 Å². The van der Waals surface area contributed by atoms with E-state index in [0.29, 0.717) is 17.9 Å². The Morgan fingerprint density at radius 3 is 2.17 bits per heavy atom. The number of nitrogens with one attached hydrogen (secondary N) is 1. The van der Waals surface area contributed by atoms with E-state index in [2.05, 4.69) is 50.4 Å². The van der Waals surface area contributed by atoms with Crippen molar-refractivity contribution in [2.24, 2.45) is 0 Å². The standard InChI is InChI=1S/C26H29NO2/c1-19(21-14-16-22(17-15-21)26(2,3)4)27-25(28)23-12-8-9-13-24(23)29-18-20-10-6-5-7-11-20/h5-17,19H,18H2,1-4H3,(H,27,28). The van der Waals surface area contributed by atoms with E-state index in [1.165, 1.54) is 5.56 Å². The SMILES string of the molecule is CC(NC(=O)c1ccccc1OCc1ccccc1)c1ccc(C(C)(C)C)cc1. The van der Waals surface area contributed by atoms with Gasteiger partial charge in [0.25, 0.3) is 5.91 Å². The lowest BCUT2D eigenvalue weighted by atomic mass is 9.86. The number of rotatable bonds is 6. The maximum Gasteiger partial charge on any atom is 0.255 e. The van der Waals surface area contributed by atoms with Gasteiger partial charge in [-0.25, -0.2) is 0 Å². The van der Waals surface area contributed by atoms with Gasteiger partial charge in [-0.15, -0.1) is 0 Å². The van der Waals surface area contributed by atoms with E-state index in [1.54, 1.807) is 6.07 Å². The van der Waals surface area contributed by atoms with E-state index < -0.39 is 0 Å². The van der Waals surface area contributed by atoms with Crippen molar-refractivity contribution < 1.29 is 9.53 Å². The van der Waals surface area contributed by atoms with E-state index in [0.717, 1.165) is 11.1 Å². The monoisotopic (exact) mass is 387 g/mol. The fourth-order valence-electron chi connectivity index (χ4n) is 3.14. The lowest BCUT2D eigenvalue weighted by Crippen LogP contribution is -2.27. The molecule has 0 aromatic heterocycles. The summed E-state index contributed by atoms with van der Waals surface area (Å²) >= 11 is 0. The lowest BCUT2D eigenvalue weighted by molar-refractivity contribution is 0.0935. The molecule has 0 fully saturated rings. The molecule has 150 valence electrons. The van der Waals surface area contributed by atoms with Crippen LogP contribution in [-0.4, -0.2) is 5.91 Å². The van der Waals surface area contributed by atoms with Crippen molar-refractivity contribution in [3.8, 4) is 5.75 Å². The van der Waals surface area contributed by atoms with Crippen LogP contribution in [0.1, 0.15) is 60.8 Å². The van der Waals surface area contributed by atoms with Gasteiger partial charge in [0.05, 0.1) is 11.6 Å². The normalized spacial score (nSPS) is 12.3. The van der Waals surface area contributed by atoms with Gasteiger partial charge in [-0.05, 0) is 41.2 Å². The molecule has 1 N–H and O–H groups in total. The summed E-state index contributed by atoms with van der Waals surface area (Å²) in [4.78, 5) is 12.9. The molecule has 0 aliphatic heterocycles. The number of hydrogen-bond donors (Lipinski definition) is 1. The molecule has 1 unspecified atom stereocenters. The summed E-state index contributed by atoms with van der Waals surface area (Å²) < 4.78 is 5.92. The van der Waals surface area contributed by atoms with Gasteiger partial charge in [0.2, 0.25) is 0 Å². The number of benzene rings is 3. The Kier molecular flexibility index (Phi) is 6.38. The Hall–Kier alpha value is -3.07. The number of hydrogen-bond acceptors (Lipinski definition) is 2. The van der Waals surface area contributed by atoms with Crippen LogP contribution in [0, 0.1) is 0 Å². The van der Waals surface area contributed by atoms with Gasteiger partial charge >= 0.3 is 0 Å². The molecule has 0 radical (unpaired) electrons. The third-order valence-corrected chi connectivity index (χ3v) is 4.99. The summed E-state index contributed by atoms with van der Waals surface area (Å²) in [5.74, 6) is 0.449. The number of carbonyl (C=O) groups excluding carboxylic acids is 1. The second kappa shape index (κ2) is 8.95. The minimum atomic E-state index is -0.138. The third kappa shape index (κ3) is 5.47. The first-order valence-electron chi connectivity index (χ1n) is 10.0. The summed E-state index contributed by atoms with van der Waals surface area (Å²) in [5.41, 5.74) is 4.07. The average Bonchev–Trinajstić information content (AvgIpc) is 2.72. The van der Waals surface area contributed by atoms with Crippen LogP contribution in [-0.2, 0) is 12.0 Å². The fraction of sp³-hybridized carbons (Fsp3) is 0.269. The number of amides is 1. The molecule has 0 bridgehead atoms. The third-order valence-electron chi connectivity index (χ3n) is 4.99. The first kappa shape index (κ1) is 20.7. The smallest absolute Gasteiger partial charge is 0.255 e. The van der Waals surface area contributed by atoms with E-state index in [-0.39, 0.29) is 17.4 Å². The molecule has 0 aliphatic rings. The van der Waals surface area contributed by atoms with Crippen molar-refractivity contribution in [2.45, 2.75) is 45.8 Å². The predicted octanol–water partition coefficient (Wildman–Crippen LogP) is 6.05. The van der Waals surface area contributed by atoms with Crippen LogP contribution in [0.5, 0.6) is 5.75 Å². The number of ether oxygens (including phenoxy) is 1. The van der Waals surface area contributed by atoms with Crippen LogP contribution in [0.4, 0.5) is 0 Å². The largest absolute Gasteiger partial charge is 0.488 e.